The highest BCUT2D eigenvalue weighted by Crippen LogP contribution is 2.22. The first-order chi connectivity index (χ1) is 13.1. The van der Waals surface area contributed by atoms with Crippen molar-refractivity contribution in [3.05, 3.63) is 75.8 Å². The number of aryl methyl sites for hydroxylation is 1. The summed E-state index contributed by atoms with van der Waals surface area (Å²) >= 11 is 1.46. The Bertz CT molecular complexity index is 1200. The lowest BCUT2D eigenvalue weighted by Gasteiger charge is -2.01. The number of para-hydroxylation sites is 1. The van der Waals surface area contributed by atoms with E-state index in [-0.39, 0.29) is 5.69 Å². The average molecular weight is 377 g/mol. The molecule has 3 aromatic heterocycles. The molecule has 0 fully saturated rings. The molecular weight excluding hydrogens is 362 g/mol. The molecule has 4 rings (SSSR count). The maximum Gasteiger partial charge on any atom is 0.346 e. The Morgan fingerprint density at radius 1 is 1.30 bits per heavy atom. The monoisotopic (exact) mass is 377 g/mol. The van der Waals surface area contributed by atoms with Gasteiger partial charge in [-0.1, -0.05) is 24.3 Å². The zero-order valence-electron chi connectivity index (χ0n) is 14.3. The standard InChI is InChI=1S/C19H15N5O2S/c1-24-11-12(13-5-2-3-6-16(13)24)10-20-23-18(25)15-9-14(21-19(26)22-15)17-7-4-8-27-17/h2-11H,1H3,(H,23,25)(H,21,22,26)/b20-10+. The Labute approximate surface area is 158 Å². The van der Waals surface area contributed by atoms with E-state index in [1.54, 1.807) is 6.21 Å². The molecule has 1 aromatic carbocycles. The van der Waals surface area contributed by atoms with Gasteiger partial charge >= 0.3 is 5.69 Å². The van der Waals surface area contributed by atoms with Crippen molar-refractivity contribution in [3.8, 4) is 10.6 Å². The van der Waals surface area contributed by atoms with E-state index >= 15 is 0 Å². The van der Waals surface area contributed by atoms with E-state index < -0.39 is 11.6 Å². The lowest BCUT2D eigenvalue weighted by molar-refractivity contribution is 0.0949. The molecule has 1 amide bonds. The molecule has 7 nitrogen and oxygen atoms in total. The number of amides is 1. The van der Waals surface area contributed by atoms with E-state index in [4.69, 9.17) is 0 Å². The molecule has 0 aliphatic rings. The van der Waals surface area contributed by atoms with Crippen LogP contribution in [-0.4, -0.2) is 26.7 Å². The Kier molecular flexibility index (Phi) is 4.39. The number of benzene rings is 1. The minimum Gasteiger partial charge on any atom is -0.350 e. The first kappa shape index (κ1) is 16.9. The molecule has 0 radical (unpaired) electrons. The fraction of sp³-hybridized carbons (Fsp3) is 0.0526. The molecule has 2 N–H and O–H groups in total. The summed E-state index contributed by atoms with van der Waals surface area (Å²) in [4.78, 5) is 31.3. The van der Waals surface area contributed by atoms with Gasteiger partial charge in [0.15, 0.2) is 0 Å². The number of nitrogens with one attached hydrogen (secondary N) is 2. The normalized spacial score (nSPS) is 11.3. The highest BCUT2D eigenvalue weighted by molar-refractivity contribution is 7.13. The average Bonchev–Trinajstić information content (AvgIpc) is 3.31. The second-order valence-electron chi connectivity index (χ2n) is 5.87. The maximum absolute atomic E-state index is 12.3. The van der Waals surface area contributed by atoms with Gasteiger partial charge in [-0.15, -0.1) is 11.3 Å². The molecule has 3 heterocycles. The van der Waals surface area contributed by atoms with Crippen LogP contribution >= 0.6 is 11.3 Å². The number of carbonyl (C=O) groups excluding carboxylic acids is 1. The van der Waals surface area contributed by atoms with Gasteiger partial charge in [0, 0.05) is 29.7 Å². The van der Waals surface area contributed by atoms with Crippen LogP contribution in [-0.2, 0) is 7.05 Å². The largest absolute Gasteiger partial charge is 0.350 e. The lowest BCUT2D eigenvalue weighted by atomic mass is 10.2. The van der Waals surface area contributed by atoms with Crippen LogP contribution in [0.15, 0.2) is 63.9 Å². The quantitative estimate of drug-likeness (QED) is 0.423. The van der Waals surface area contributed by atoms with E-state index in [1.165, 1.54) is 17.4 Å². The van der Waals surface area contributed by atoms with Crippen molar-refractivity contribution in [2.75, 3.05) is 0 Å². The summed E-state index contributed by atoms with van der Waals surface area (Å²) in [5.74, 6) is -0.546. The highest BCUT2D eigenvalue weighted by Gasteiger charge is 2.11. The van der Waals surface area contributed by atoms with Crippen LogP contribution in [0.1, 0.15) is 16.1 Å². The molecule has 0 aliphatic carbocycles. The Balaban J connectivity index is 1.56. The number of carbonyl (C=O) groups is 1. The van der Waals surface area contributed by atoms with E-state index in [0.717, 1.165) is 21.3 Å². The van der Waals surface area contributed by atoms with Crippen LogP contribution in [0.5, 0.6) is 0 Å². The fourth-order valence-corrected chi connectivity index (χ4v) is 3.53. The molecule has 27 heavy (non-hydrogen) atoms. The Hall–Kier alpha value is -3.52. The molecule has 8 heteroatoms. The molecule has 134 valence electrons. The van der Waals surface area contributed by atoms with Gasteiger partial charge < -0.3 is 9.55 Å². The number of nitrogens with zero attached hydrogens (tertiary/aromatic N) is 3. The fourth-order valence-electron chi connectivity index (χ4n) is 2.83. The Morgan fingerprint density at radius 3 is 2.96 bits per heavy atom. The first-order valence-electron chi connectivity index (χ1n) is 8.14. The van der Waals surface area contributed by atoms with E-state index in [9.17, 15) is 9.59 Å². The number of H-pyrrole nitrogens is 1. The third kappa shape index (κ3) is 3.42. The topological polar surface area (TPSA) is 92.1 Å². The molecule has 4 aromatic rings. The van der Waals surface area contributed by atoms with Crippen LogP contribution < -0.4 is 11.1 Å². The van der Waals surface area contributed by atoms with Crippen LogP contribution in [0.3, 0.4) is 0 Å². The van der Waals surface area contributed by atoms with E-state index in [1.807, 2.05) is 59.6 Å². The number of aromatic nitrogens is 3. The van der Waals surface area contributed by atoms with Crippen molar-refractivity contribution in [3.63, 3.8) is 0 Å². The van der Waals surface area contributed by atoms with Crippen molar-refractivity contribution in [2.45, 2.75) is 0 Å². The number of fused-ring (bicyclic) bond motifs is 1. The third-order valence-corrected chi connectivity index (χ3v) is 4.96. The summed E-state index contributed by atoms with van der Waals surface area (Å²) in [5, 5.41) is 6.94. The summed E-state index contributed by atoms with van der Waals surface area (Å²) in [6, 6.07) is 13.2. The van der Waals surface area contributed by atoms with Crippen LogP contribution in [0, 0.1) is 0 Å². The zero-order valence-corrected chi connectivity index (χ0v) is 15.2. The van der Waals surface area contributed by atoms with Crippen molar-refractivity contribution < 1.29 is 4.79 Å². The molecule has 0 bridgehead atoms. The van der Waals surface area contributed by atoms with Crippen molar-refractivity contribution in [2.24, 2.45) is 12.1 Å². The second-order valence-corrected chi connectivity index (χ2v) is 6.82. The predicted octanol–water partition coefficient (Wildman–Crippen LogP) is 2.75. The van der Waals surface area contributed by atoms with E-state index in [0.29, 0.717) is 5.69 Å². The van der Waals surface area contributed by atoms with Crippen molar-refractivity contribution in [1.29, 1.82) is 0 Å². The van der Waals surface area contributed by atoms with Gasteiger partial charge in [-0.3, -0.25) is 4.79 Å². The Morgan fingerprint density at radius 2 is 2.15 bits per heavy atom. The number of thiophene rings is 1. The SMILES string of the molecule is Cn1cc(/C=N/NC(=O)c2cc(-c3cccs3)[nH]c(=O)n2)c2ccccc21. The molecule has 0 spiro atoms. The molecule has 0 atom stereocenters. The zero-order chi connectivity index (χ0) is 18.8. The van der Waals surface area contributed by atoms with Crippen LogP contribution in [0.2, 0.25) is 0 Å². The highest BCUT2D eigenvalue weighted by atomic mass is 32.1. The number of hydrogen-bond donors (Lipinski definition) is 2. The minimum absolute atomic E-state index is 0.0113. The van der Waals surface area contributed by atoms with Gasteiger partial charge in [0.2, 0.25) is 0 Å². The number of rotatable bonds is 4. The predicted molar refractivity (Wildman–Crippen MR) is 106 cm³/mol. The van der Waals surface area contributed by atoms with Gasteiger partial charge in [0.1, 0.15) is 5.69 Å². The second kappa shape index (κ2) is 7.00. The minimum atomic E-state index is -0.580. The number of aromatic amines is 1. The summed E-state index contributed by atoms with van der Waals surface area (Å²) in [6.45, 7) is 0. The molecule has 0 saturated heterocycles. The van der Waals surface area contributed by atoms with Crippen LogP contribution in [0.4, 0.5) is 0 Å². The van der Waals surface area contributed by atoms with Gasteiger partial charge in [-0.05, 0) is 23.6 Å². The van der Waals surface area contributed by atoms with Gasteiger partial charge in [-0.2, -0.15) is 10.1 Å². The van der Waals surface area contributed by atoms with E-state index in [2.05, 4.69) is 20.5 Å². The molecule has 0 saturated carbocycles. The van der Waals surface area contributed by atoms with Gasteiger partial charge in [-0.25, -0.2) is 10.2 Å². The summed E-state index contributed by atoms with van der Waals surface area (Å²) in [7, 11) is 1.95. The van der Waals surface area contributed by atoms with Gasteiger partial charge in [0.25, 0.3) is 5.91 Å². The van der Waals surface area contributed by atoms with Crippen LogP contribution in [0.25, 0.3) is 21.5 Å². The first-order valence-corrected chi connectivity index (χ1v) is 9.02. The maximum atomic E-state index is 12.3. The molecule has 0 aliphatic heterocycles. The number of hydrazone groups is 1. The van der Waals surface area contributed by atoms with Crippen molar-refractivity contribution >= 4 is 34.4 Å². The van der Waals surface area contributed by atoms with Gasteiger partial charge in [0.05, 0.1) is 16.8 Å². The molecule has 0 unspecified atom stereocenters. The smallest absolute Gasteiger partial charge is 0.346 e. The third-order valence-electron chi connectivity index (χ3n) is 4.06. The summed E-state index contributed by atoms with van der Waals surface area (Å²) < 4.78 is 1.99. The summed E-state index contributed by atoms with van der Waals surface area (Å²) in [5.41, 5.74) is 4.36. The summed E-state index contributed by atoms with van der Waals surface area (Å²) in [6.07, 6.45) is 3.51. The van der Waals surface area contributed by atoms with Crippen molar-refractivity contribution in [1.82, 2.24) is 20.0 Å². The number of hydrogen-bond acceptors (Lipinski definition) is 5. The lowest BCUT2D eigenvalue weighted by Crippen LogP contribution is -2.24. The molecular formula is C19H15N5O2S.